The molecule has 3 aromatic rings. The number of nitrogens with one attached hydrogen (secondary N) is 3. The molecule has 0 unspecified atom stereocenters. The molecule has 0 atom stereocenters. The fourth-order valence-corrected chi connectivity index (χ4v) is 2.73. The third-order valence-electron chi connectivity index (χ3n) is 4.04. The molecule has 3 N–H and O–H groups in total. The third-order valence-corrected chi connectivity index (χ3v) is 4.04. The van der Waals surface area contributed by atoms with E-state index in [2.05, 4.69) is 50.1 Å². The van der Waals surface area contributed by atoms with Gasteiger partial charge in [-0.25, -0.2) is 4.98 Å². The number of para-hydroxylation sites is 1. The minimum atomic E-state index is 0.759. The molecule has 2 aromatic heterocycles. The minimum Gasteiger partial charge on any atom is -0.368 e. The first-order valence-corrected chi connectivity index (χ1v) is 9.44. The summed E-state index contributed by atoms with van der Waals surface area (Å²) in [5, 5.41) is 15.3. The van der Waals surface area contributed by atoms with E-state index < -0.39 is 0 Å². The predicted molar refractivity (Wildman–Crippen MR) is 111 cm³/mol. The first-order chi connectivity index (χ1) is 13.3. The minimum absolute atomic E-state index is 0.759. The molecule has 0 aliphatic carbocycles. The van der Waals surface area contributed by atoms with Gasteiger partial charge in [0.15, 0.2) is 5.96 Å². The van der Waals surface area contributed by atoms with Gasteiger partial charge in [0.25, 0.3) is 0 Å². The second-order valence-corrected chi connectivity index (χ2v) is 6.13. The number of rotatable bonds is 9. The summed E-state index contributed by atoms with van der Waals surface area (Å²) >= 11 is 0. The molecule has 7 nitrogen and oxygen atoms in total. The van der Waals surface area contributed by atoms with Crippen molar-refractivity contribution in [1.82, 2.24) is 25.4 Å². The summed E-state index contributed by atoms with van der Waals surface area (Å²) in [5.74, 6) is 1.72. The number of aliphatic imine (C=N–C) groups is 1. The van der Waals surface area contributed by atoms with Crippen LogP contribution in [0.5, 0.6) is 0 Å². The van der Waals surface area contributed by atoms with Gasteiger partial charge in [-0.15, -0.1) is 0 Å². The number of guanidine groups is 1. The van der Waals surface area contributed by atoms with Gasteiger partial charge in [-0.05, 0) is 37.6 Å². The summed E-state index contributed by atoms with van der Waals surface area (Å²) in [4.78, 5) is 9.23. The lowest BCUT2D eigenvalue weighted by atomic mass is 10.2. The molecule has 1 aromatic carbocycles. The lowest BCUT2D eigenvalue weighted by Crippen LogP contribution is -2.39. The van der Waals surface area contributed by atoms with Crippen LogP contribution in [-0.4, -0.2) is 46.9 Å². The molecule has 0 amide bonds. The summed E-state index contributed by atoms with van der Waals surface area (Å²) in [7, 11) is 0. The Labute approximate surface area is 159 Å². The normalized spacial score (nSPS) is 11.5. The highest BCUT2D eigenvalue weighted by Crippen LogP contribution is 2.13. The number of hydrogen-bond acceptors (Lipinski definition) is 4. The number of nitrogens with zero attached hydrogens (tertiary/aromatic N) is 4. The number of anilines is 1. The molecule has 3 rings (SSSR count). The Kier molecular flexibility index (Phi) is 7.03. The summed E-state index contributed by atoms with van der Waals surface area (Å²) in [6.45, 7) is 6.07. The van der Waals surface area contributed by atoms with Crippen molar-refractivity contribution in [2.24, 2.45) is 4.99 Å². The number of benzene rings is 1. The molecule has 2 heterocycles. The van der Waals surface area contributed by atoms with Gasteiger partial charge in [-0.2, -0.15) is 5.10 Å². The zero-order chi connectivity index (χ0) is 18.7. The fourth-order valence-electron chi connectivity index (χ4n) is 2.73. The van der Waals surface area contributed by atoms with Crippen molar-refractivity contribution in [3.8, 4) is 0 Å². The van der Waals surface area contributed by atoms with E-state index in [1.165, 1.54) is 0 Å². The van der Waals surface area contributed by atoms with Crippen LogP contribution >= 0.6 is 0 Å². The summed E-state index contributed by atoms with van der Waals surface area (Å²) < 4.78 is 1.93. The Hall–Kier alpha value is -3.09. The zero-order valence-corrected chi connectivity index (χ0v) is 15.7. The van der Waals surface area contributed by atoms with Gasteiger partial charge in [-0.3, -0.25) is 9.67 Å². The molecule has 142 valence electrons. The smallest absolute Gasteiger partial charge is 0.191 e. The first-order valence-electron chi connectivity index (χ1n) is 9.44. The van der Waals surface area contributed by atoms with E-state index in [0.29, 0.717) is 0 Å². The van der Waals surface area contributed by atoms with E-state index in [1.54, 1.807) is 6.20 Å². The van der Waals surface area contributed by atoms with Gasteiger partial charge in [0.05, 0.1) is 5.52 Å². The Morgan fingerprint density at radius 2 is 2.00 bits per heavy atom. The van der Waals surface area contributed by atoms with Crippen LogP contribution in [0.15, 0.2) is 59.9 Å². The first kappa shape index (κ1) is 18.7. The summed E-state index contributed by atoms with van der Waals surface area (Å²) in [6.07, 6.45) is 4.73. The lowest BCUT2D eigenvalue weighted by Gasteiger charge is -2.12. The molecule has 7 heteroatoms. The number of pyridine rings is 1. The molecule has 0 saturated heterocycles. The summed E-state index contributed by atoms with van der Waals surface area (Å²) in [6, 6.07) is 14.2. The van der Waals surface area contributed by atoms with E-state index in [4.69, 9.17) is 0 Å². The fraction of sp³-hybridized carbons (Fsp3) is 0.350. The third kappa shape index (κ3) is 5.99. The van der Waals surface area contributed by atoms with Gasteiger partial charge < -0.3 is 16.0 Å². The highest BCUT2D eigenvalue weighted by Gasteiger charge is 1.99. The Balaban J connectivity index is 1.40. The van der Waals surface area contributed by atoms with Crippen LogP contribution < -0.4 is 16.0 Å². The van der Waals surface area contributed by atoms with Crippen LogP contribution in [-0.2, 0) is 6.54 Å². The van der Waals surface area contributed by atoms with Crippen molar-refractivity contribution in [3.05, 3.63) is 54.9 Å². The SMILES string of the molecule is CCNC(=NCCCn1cccn1)NCCNc1ccc2ccccc2n1. The van der Waals surface area contributed by atoms with Crippen molar-refractivity contribution in [3.63, 3.8) is 0 Å². The largest absolute Gasteiger partial charge is 0.368 e. The van der Waals surface area contributed by atoms with Crippen molar-refractivity contribution in [2.45, 2.75) is 19.9 Å². The maximum Gasteiger partial charge on any atom is 0.191 e. The average molecular weight is 365 g/mol. The molecule has 27 heavy (non-hydrogen) atoms. The standard InChI is InChI=1S/C20H27N7/c1-2-21-20(23-11-5-15-27-16-6-12-25-27)24-14-13-22-19-10-9-17-7-3-4-8-18(17)26-19/h3-4,6-10,12,16H,2,5,11,13-15H2,1H3,(H,22,26)(H2,21,23,24). The van der Waals surface area contributed by atoms with Gasteiger partial charge >= 0.3 is 0 Å². The average Bonchev–Trinajstić information content (AvgIpc) is 3.22. The highest BCUT2D eigenvalue weighted by atomic mass is 15.3. The van der Waals surface area contributed by atoms with E-state index in [-0.39, 0.29) is 0 Å². The van der Waals surface area contributed by atoms with Crippen LogP contribution in [0.3, 0.4) is 0 Å². The number of aromatic nitrogens is 3. The van der Waals surface area contributed by atoms with Crippen LogP contribution in [0.4, 0.5) is 5.82 Å². The second-order valence-electron chi connectivity index (χ2n) is 6.13. The molecule has 0 aliphatic rings. The Bertz CT molecular complexity index is 842. The van der Waals surface area contributed by atoms with Crippen LogP contribution in [0.2, 0.25) is 0 Å². The Morgan fingerprint density at radius 3 is 2.85 bits per heavy atom. The van der Waals surface area contributed by atoms with Crippen molar-refractivity contribution in [2.75, 3.05) is 31.5 Å². The van der Waals surface area contributed by atoms with E-state index in [0.717, 1.165) is 61.8 Å². The van der Waals surface area contributed by atoms with E-state index in [1.807, 2.05) is 41.2 Å². The van der Waals surface area contributed by atoms with Gasteiger partial charge in [0.2, 0.25) is 0 Å². The predicted octanol–water partition coefficient (Wildman–Crippen LogP) is 2.49. The van der Waals surface area contributed by atoms with E-state index in [9.17, 15) is 0 Å². The van der Waals surface area contributed by atoms with Gasteiger partial charge in [0.1, 0.15) is 5.82 Å². The molecular formula is C20H27N7. The maximum atomic E-state index is 4.62. The van der Waals surface area contributed by atoms with Crippen LogP contribution in [0.1, 0.15) is 13.3 Å². The molecule has 0 bridgehead atoms. The van der Waals surface area contributed by atoms with Crippen molar-refractivity contribution in [1.29, 1.82) is 0 Å². The lowest BCUT2D eigenvalue weighted by molar-refractivity contribution is 0.584. The Morgan fingerprint density at radius 1 is 1.07 bits per heavy atom. The van der Waals surface area contributed by atoms with Gasteiger partial charge in [-0.1, -0.05) is 18.2 Å². The zero-order valence-electron chi connectivity index (χ0n) is 15.7. The van der Waals surface area contributed by atoms with E-state index >= 15 is 0 Å². The second kappa shape index (κ2) is 10.2. The van der Waals surface area contributed by atoms with Crippen molar-refractivity contribution >= 4 is 22.7 Å². The number of hydrogen-bond donors (Lipinski definition) is 3. The number of fused-ring (bicyclic) bond motifs is 1. The van der Waals surface area contributed by atoms with Crippen LogP contribution in [0.25, 0.3) is 10.9 Å². The van der Waals surface area contributed by atoms with Crippen LogP contribution in [0, 0.1) is 0 Å². The highest BCUT2D eigenvalue weighted by molar-refractivity contribution is 5.80. The topological polar surface area (TPSA) is 79.2 Å². The molecule has 0 fully saturated rings. The molecule has 0 radical (unpaired) electrons. The monoisotopic (exact) mass is 365 g/mol. The molecule has 0 spiro atoms. The van der Waals surface area contributed by atoms with Gasteiger partial charge in [0, 0.05) is 50.5 Å². The summed E-state index contributed by atoms with van der Waals surface area (Å²) in [5.41, 5.74) is 1.00. The quantitative estimate of drug-likeness (QED) is 0.308. The molecular weight excluding hydrogens is 338 g/mol. The van der Waals surface area contributed by atoms with Crippen molar-refractivity contribution < 1.29 is 0 Å². The molecule has 0 aliphatic heterocycles. The maximum absolute atomic E-state index is 4.62. The molecule has 0 saturated carbocycles. The number of aryl methyl sites for hydroxylation is 1.